The van der Waals surface area contributed by atoms with E-state index in [1.807, 2.05) is 16.8 Å². The normalized spacial score (nSPS) is 10.3. The van der Waals surface area contributed by atoms with Gasteiger partial charge in [-0.2, -0.15) is 0 Å². The van der Waals surface area contributed by atoms with Gasteiger partial charge in [0.15, 0.2) is 0 Å². The van der Waals surface area contributed by atoms with Crippen LogP contribution in [0.5, 0.6) is 5.75 Å². The Morgan fingerprint density at radius 3 is 2.05 bits per heavy atom. The third kappa shape index (κ3) is 8.37. The highest BCUT2D eigenvalue weighted by atomic mass is 32.1. The van der Waals surface area contributed by atoms with E-state index in [1.165, 1.54) is 11.3 Å². The molecule has 1 aromatic rings. The lowest BCUT2D eigenvalue weighted by Crippen LogP contribution is -2.10. The first-order chi connectivity index (χ1) is 10.1. The van der Waals surface area contributed by atoms with Crippen molar-refractivity contribution in [3.63, 3.8) is 0 Å². The fourth-order valence-electron chi connectivity index (χ4n) is 1.67. The van der Waals surface area contributed by atoms with E-state index in [9.17, 15) is 14.4 Å². The van der Waals surface area contributed by atoms with E-state index >= 15 is 0 Å². The predicted octanol–water partition coefficient (Wildman–Crippen LogP) is 2.17. The molecule has 0 aliphatic heterocycles. The second-order valence-corrected chi connectivity index (χ2v) is 5.43. The summed E-state index contributed by atoms with van der Waals surface area (Å²) in [5, 5.41) is 12.3. The molecule has 0 aliphatic rings. The van der Waals surface area contributed by atoms with E-state index < -0.39 is 0 Å². The molecule has 0 saturated heterocycles. The van der Waals surface area contributed by atoms with Crippen molar-refractivity contribution in [2.45, 2.75) is 38.5 Å². The molecule has 21 heavy (non-hydrogen) atoms. The number of aliphatic hydroxyl groups excluding tert-OH is 1. The predicted molar refractivity (Wildman–Crippen MR) is 79.6 cm³/mol. The molecule has 0 radical (unpaired) electrons. The van der Waals surface area contributed by atoms with Crippen LogP contribution < -0.4 is 4.74 Å². The maximum absolute atomic E-state index is 11.6. The topological polar surface area (TPSA) is 80.7 Å². The molecule has 116 valence electrons. The van der Waals surface area contributed by atoms with Crippen molar-refractivity contribution in [1.29, 1.82) is 0 Å². The number of ketones is 3. The molecule has 0 aliphatic carbocycles. The number of carbonyl (C=O) groups is 3. The summed E-state index contributed by atoms with van der Waals surface area (Å²) in [4.78, 5) is 34.3. The van der Waals surface area contributed by atoms with Crippen molar-refractivity contribution in [2.75, 3.05) is 13.2 Å². The van der Waals surface area contributed by atoms with Crippen LogP contribution in [0.4, 0.5) is 0 Å². The lowest BCUT2D eigenvalue weighted by molar-refractivity contribution is -0.126. The Balaban J connectivity index is 2.06. The van der Waals surface area contributed by atoms with E-state index in [0.29, 0.717) is 6.61 Å². The summed E-state index contributed by atoms with van der Waals surface area (Å²) in [5.41, 5.74) is 0. The molecule has 0 unspecified atom stereocenters. The van der Waals surface area contributed by atoms with Gasteiger partial charge in [0.05, 0.1) is 6.61 Å². The highest BCUT2D eigenvalue weighted by molar-refractivity contribution is 7.08. The molecule has 1 aromatic heterocycles. The minimum Gasteiger partial charge on any atom is -0.492 e. The van der Waals surface area contributed by atoms with Gasteiger partial charge in [-0.15, -0.1) is 11.3 Å². The molecule has 6 heteroatoms. The standard InChI is InChI=1S/C15H20O5S/c16-8-5-13(18)3-1-12(17)2-4-14(19)6-9-20-15-7-10-21-11-15/h7,10-11,16H,1-6,8-9H2. The van der Waals surface area contributed by atoms with Crippen molar-refractivity contribution < 1.29 is 24.2 Å². The molecule has 0 atom stereocenters. The zero-order valence-corrected chi connectivity index (χ0v) is 12.7. The smallest absolute Gasteiger partial charge is 0.136 e. The Hall–Kier alpha value is -1.53. The summed E-state index contributed by atoms with van der Waals surface area (Å²) in [6.07, 6.45) is 1.04. The lowest BCUT2D eigenvalue weighted by Gasteiger charge is -2.03. The number of rotatable bonds is 12. The molecule has 1 heterocycles. The molecule has 5 nitrogen and oxygen atoms in total. The van der Waals surface area contributed by atoms with Crippen LogP contribution in [-0.2, 0) is 14.4 Å². The number of hydrogen-bond donors (Lipinski definition) is 1. The summed E-state index contributed by atoms with van der Waals surface area (Å²) >= 11 is 1.53. The number of thiophene rings is 1. The Morgan fingerprint density at radius 1 is 0.952 bits per heavy atom. The van der Waals surface area contributed by atoms with Crippen LogP contribution in [0.2, 0.25) is 0 Å². The molecule has 0 bridgehead atoms. The van der Waals surface area contributed by atoms with Gasteiger partial charge in [-0.3, -0.25) is 14.4 Å². The Kier molecular flexibility index (Phi) is 8.54. The molecule has 1 rings (SSSR count). The summed E-state index contributed by atoms with van der Waals surface area (Å²) < 4.78 is 5.37. The maximum atomic E-state index is 11.6. The minimum atomic E-state index is -0.185. The van der Waals surface area contributed by atoms with Crippen LogP contribution in [-0.4, -0.2) is 35.7 Å². The zero-order valence-electron chi connectivity index (χ0n) is 11.9. The number of Topliss-reactive ketones (excluding diaryl/α,β-unsaturated/α-hetero) is 3. The first-order valence-electron chi connectivity index (χ1n) is 6.92. The molecule has 0 spiro atoms. The summed E-state index contributed by atoms with van der Waals surface area (Å²) in [6, 6.07) is 1.84. The van der Waals surface area contributed by atoms with Crippen LogP contribution in [0.25, 0.3) is 0 Å². The van der Waals surface area contributed by atoms with Crippen molar-refractivity contribution in [2.24, 2.45) is 0 Å². The SMILES string of the molecule is O=C(CCO)CCC(=O)CCC(=O)CCOc1ccsc1. The molecular weight excluding hydrogens is 292 g/mol. The average molecular weight is 312 g/mol. The Labute approximate surface area is 127 Å². The summed E-state index contributed by atoms with van der Waals surface area (Å²) in [7, 11) is 0. The quantitative estimate of drug-likeness (QED) is 0.640. The van der Waals surface area contributed by atoms with E-state index in [2.05, 4.69) is 0 Å². The number of hydrogen-bond acceptors (Lipinski definition) is 6. The fourth-order valence-corrected chi connectivity index (χ4v) is 2.25. The third-order valence-electron chi connectivity index (χ3n) is 2.90. The number of aliphatic hydroxyl groups is 1. The highest BCUT2D eigenvalue weighted by Crippen LogP contribution is 2.15. The molecular formula is C15H20O5S. The van der Waals surface area contributed by atoms with Gasteiger partial charge in [-0.05, 0) is 11.4 Å². The fraction of sp³-hybridized carbons (Fsp3) is 0.533. The van der Waals surface area contributed by atoms with E-state index in [4.69, 9.17) is 9.84 Å². The van der Waals surface area contributed by atoms with Crippen molar-refractivity contribution >= 4 is 28.7 Å². The van der Waals surface area contributed by atoms with Gasteiger partial charge in [0.1, 0.15) is 23.1 Å². The van der Waals surface area contributed by atoms with E-state index in [0.717, 1.165) is 5.75 Å². The summed E-state index contributed by atoms with van der Waals surface area (Å²) in [6.45, 7) is 0.133. The molecule has 0 amide bonds. The minimum absolute atomic E-state index is 0.0136. The van der Waals surface area contributed by atoms with Gasteiger partial charge >= 0.3 is 0 Å². The summed E-state index contributed by atoms with van der Waals surface area (Å²) in [5.74, 6) is 0.529. The van der Waals surface area contributed by atoms with Crippen molar-refractivity contribution in [1.82, 2.24) is 0 Å². The van der Waals surface area contributed by atoms with Crippen LogP contribution in [0.15, 0.2) is 16.8 Å². The zero-order chi connectivity index (χ0) is 15.5. The second kappa shape index (κ2) is 10.2. The van der Waals surface area contributed by atoms with E-state index in [1.54, 1.807) is 0 Å². The van der Waals surface area contributed by atoms with Gasteiger partial charge in [0.25, 0.3) is 0 Å². The number of ether oxygens (including phenoxy) is 1. The largest absolute Gasteiger partial charge is 0.492 e. The lowest BCUT2D eigenvalue weighted by atomic mass is 10.0. The van der Waals surface area contributed by atoms with E-state index in [-0.39, 0.29) is 62.5 Å². The van der Waals surface area contributed by atoms with Gasteiger partial charge < -0.3 is 9.84 Å². The first kappa shape index (κ1) is 17.5. The van der Waals surface area contributed by atoms with Gasteiger partial charge in [0.2, 0.25) is 0 Å². The average Bonchev–Trinajstić information content (AvgIpc) is 2.96. The Morgan fingerprint density at radius 2 is 1.52 bits per heavy atom. The van der Waals surface area contributed by atoms with Gasteiger partial charge in [-0.25, -0.2) is 0 Å². The van der Waals surface area contributed by atoms with Crippen LogP contribution in [0.1, 0.15) is 38.5 Å². The molecule has 1 N–H and O–H groups in total. The van der Waals surface area contributed by atoms with Crippen LogP contribution in [0.3, 0.4) is 0 Å². The molecule has 0 fully saturated rings. The van der Waals surface area contributed by atoms with Crippen molar-refractivity contribution in [3.8, 4) is 5.75 Å². The van der Waals surface area contributed by atoms with Gasteiger partial charge in [0, 0.05) is 50.5 Å². The van der Waals surface area contributed by atoms with Crippen LogP contribution in [0, 0.1) is 0 Å². The molecule has 0 saturated carbocycles. The molecule has 0 aromatic carbocycles. The highest BCUT2D eigenvalue weighted by Gasteiger charge is 2.10. The monoisotopic (exact) mass is 312 g/mol. The number of carbonyl (C=O) groups excluding carboxylic acids is 3. The third-order valence-corrected chi connectivity index (χ3v) is 3.56. The van der Waals surface area contributed by atoms with Crippen LogP contribution >= 0.6 is 11.3 Å². The first-order valence-corrected chi connectivity index (χ1v) is 7.87. The second-order valence-electron chi connectivity index (χ2n) is 4.65. The Bertz CT molecular complexity index is 453. The van der Waals surface area contributed by atoms with Crippen molar-refractivity contribution in [3.05, 3.63) is 16.8 Å². The maximum Gasteiger partial charge on any atom is 0.136 e. The van der Waals surface area contributed by atoms with Gasteiger partial charge in [-0.1, -0.05) is 0 Å².